The van der Waals surface area contributed by atoms with E-state index in [9.17, 15) is 9.59 Å². The smallest absolute Gasteiger partial charge is 0.323 e. The van der Waals surface area contributed by atoms with Gasteiger partial charge in [0, 0.05) is 32.2 Å². The van der Waals surface area contributed by atoms with Gasteiger partial charge in [0.15, 0.2) is 0 Å². The Morgan fingerprint density at radius 2 is 2.00 bits per heavy atom. The molecule has 110 valence electrons. The molecular formula is C12H23N3O4. The van der Waals surface area contributed by atoms with Crippen LogP contribution in [0, 0.1) is 0 Å². The number of aliphatic carboxylic acids is 1. The van der Waals surface area contributed by atoms with E-state index >= 15 is 0 Å². The number of rotatable bonds is 6. The monoisotopic (exact) mass is 273 g/mol. The molecule has 0 unspecified atom stereocenters. The van der Waals surface area contributed by atoms with E-state index in [1.165, 1.54) is 4.90 Å². The highest BCUT2D eigenvalue weighted by molar-refractivity contribution is 5.80. The van der Waals surface area contributed by atoms with Gasteiger partial charge in [0.05, 0.1) is 13.2 Å². The van der Waals surface area contributed by atoms with Crippen molar-refractivity contribution in [2.75, 3.05) is 45.9 Å². The highest BCUT2D eigenvalue weighted by Gasteiger charge is 2.19. The molecule has 0 aromatic carbocycles. The van der Waals surface area contributed by atoms with Crippen LogP contribution in [0.3, 0.4) is 0 Å². The lowest BCUT2D eigenvalue weighted by molar-refractivity contribution is -0.138. The number of hydrogen-bond donors (Lipinski definition) is 2. The van der Waals surface area contributed by atoms with Crippen LogP contribution in [0.15, 0.2) is 0 Å². The lowest BCUT2D eigenvalue weighted by Crippen LogP contribution is -2.48. The van der Waals surface area contributed by atoms with Gasteiger partial charge in [-0.15, -0.1) is 0 Å². The highest BCUT2D eigenvalue weighted by atomic mass is 16.5. The Morgan fingerprint density at radius 1 is 1.37 bits per heavy atom. The molecule has 0 radical (unpaired) electrons. The summed E-state index contributed by atoms with van der Waals surface area (Å²) in [4.78, 5) is 26.1. The summed E-state index contributed by atoms with van der Waals surface area (Å²) in [7, 11) is 0. The topological polar surface area (TPSA) is 82.1 Å². The Balaban J connectivity index is 2.29. The fourth-order valence-electron chi connectivity index (χ4n) is 1.88. The van der Waals surface area contributed by atoms with Crippen LogP contribution in [0.4, 0.5) is 4.79 Å². The van der Waals surface area contributed by atoms with Gasteiger partial charge in [-0.3, -0.25) is 9.69 Å². The van der Waals surface area contributed by atoms with Crippen LogP contribution < -0.4 is 5.32 Å². The lowest BCUT2D eigenvalue weighted by Gasteiger charge is -2.28. The summed E-state index contributed by atoms with van der Waals surface area (Å²) in [5.74, 6) is -1.00. The summed E-state index contributed by atoms with van der Waals surface area (Å²) >= 11 is 0. The van der Waals surface area contributed by atoms with E-state index in [0.717, 1.165) is 32.8 Å². The molecule has 2 N–H and O–H groups in total. The molecule has 1 aliphatic heterocycles. The molecule has 2 amide bonds. The average molecular weight is 273 g/mol. The van der Waals surface area contributed by atoms with Crippen LogP contribution in [-0.4, -0.2) is 78.9 Å². The van der Waals surface area contributed by atoms with Gasteiger partial charge < -0.3 is 20.1 Å². The van der Waals surface area contributed by atoms with Crippen LogP contribution in [0.25, 0.3) is 0 Å². The van der Waals surface area contributed by atoms with Gasteiger partial charge in [0.25, 0.3) is 0 Å². The van der Waals surface area contributed by atoms with Crippen molar-refractivity contribution in [1.82, 2.24) is 15.1 Å². The SMILES string of the molecule is CC(C)N(CC(=O)O)C(=O)NCCN1CCOCC1. The van der Waals surface area contributed by atoms with E-state index in [1.807, 2.05) is 0 Å². The molecule has 1 heterocycles. The van der Waals surface area contributed by atoms with E-state index in [0.29, 0.717) is 6.54 Å². The molecule has 1 aliphatic rings. The lowest BCUT2D eigenvalue weighted by atomic mass is 10.3. The fourth-order valence-corrected chi connectivity index (χ4v) is 1.88. The van der Waals surface area contributed by atoms with Crippen LogP contribution in [-0.2, 0) is 9.53 Å². The molecule has 0 aromatic rings. The zero-order valence-electron chi connectivity index (χ0n) is 11.6. The molecule has 0 aliphatic carbocycles. The molecule has 0 saturated carbocycles. The second kappa shape index (κ2) is 7.96. The summed E-state index contributed by atoms with van der Waals surface area (Å²) in [6, 6.07) is -0.467. The number of nitrogens with zero attached hydrogens (tertiary/aromatic N) is 2. The maximum absolute atomic E-state index is 11.9. The van der Waals surface area contributed by atoms with Crippen LogP contribution >= 0.6 is 0 Å². The Labute approximate surface area is 113 Å². The zero-order chi connectivity index (χ0) is 14.3. The molecule has 1 fully saturated rings. The van der Waals surface area contributed by atoms with Crippen molar-refractivity contribution in [3.05, 3.63) is 0 Å². The van der Waals surface area contributed by atoms with Crippen molar-refractivity contribution in [3.63, 3.8) is 0 Å². The summed E-state index contributed by atoms with van der Waals surface area (Å²) < 4.78 is 5.24. The van der Waals surface area contributed by atoms with E-state index in [-0.39, 0.29) is 18.6 Å². The third-order valence-corrected chi connectivity index (χ3v) is 3.00. The second-order valence-corrected chi connectivity index (χ2v) is 4.80. The first-order valence-electron chi connectivity index (χ1n) is 6.57. The Hall–Kier alpha value is -1.34. The van der Waals surface area contributed by atoms with E-state index in [4.69, 9.17) is 9.84 Å². The van der Waals surface area contributed by atoms with Gasteiger partial charge in [0.1, 0.15) is 6.54 Å². The average Bonchev–Trinajstić information content (AvgIpc) is 2.36. The molecular weight excluding hydrogens is 250 g/mol. The number of urea groups is 1. The molecule has 19 heavy (non-hydrogen) atoms. The highest BCUT2D eigenvalue weighted by Crippen LogP contribution is 1.99. The molecule has 0 aromatic heterocycles. The Morgan fingerprint density at radius 3 is 2.53 bits per heavy atom. The second-order valence-electron chi connectivity index (χ2n) is 4.80. The molecule has 0 bridgehead atoms. The maximum atomic E-state index is 11.9. The third-order valence-electron chi connectivity index (χ3n) is 3.00. The van der Waals surface area contributed by atoms with Gasteiger partial charge in [-0.2, -0.15) is 0 Å². The normalized spacial score (nSPS) is 16.4. The minimum Gasteiger partial charge on any atom is -0.480 e. The van der Waals surface area contributed by atoms with Gasteiger partial charge in [-0.1, -0.05) is 0 Å². The van der Waals surface area contributed by atoms with Crippen molar-refractivity contribution in [3.8, 4) is 0 Å². The number of carboxylic acid groups (broad SMARTS) is 1. The number of morpholine rings is 1. The van der Waals surface area contributed by atoms with Crippen LogP contribution in [0.1, 0.15) is 13.8 Å². The fraction of sp³-hybridized carbons (Fsp3) is 0.833. The first-order chi connectivity index (χ1) is 9.00. The predicted octanol–water partition coefficient (Wildman–Crippen LogP) is -0.177. The van der Waals surface area contributed by atoms with E-state index in [2.05, 4.69) is 10.2 Å². The predicted molar refractivity (Wildman–Crippen MR) is 70.1 cm³/mol. The quantitative estimate of drug-likeness (QED) is 0.702. The summed E-state index contributed by atoms with van der Waals surface area (Å²) in [6.45, 7) is 7.79. The number of carboxylic acids is 1. The summed E-state index contributed by atoms with van der Waals surface area (Å²) in [5.41, 5.74) is 0. The molecule has 0 spiro atoms. The first kappa shape index (κ1) is 15.7. The number of amides is 2. The van der Waals surface area contributed by atoms with Gasteiger partial charge >= 0.3 is 12.0 Å². The summed E-state index contributed by atoms with van der Waals surface area (Å²) in [5, 5.41) is 11.5. The van der Waals surface area contributed by atoms with Crippen molar-refractivity contribution < 1.29 is 19.4 Å². The number of carbonyl (C=O) groups excluding carboxylic acids is 1. The number of nitrogens with one attached hydrogen (secondary N) is 1. The van der Waals surface area contributed by atoms with E-state index in [1.54, 1.807) is 13.8 Å². The molecule has 0 atom stereocenters. The third kappa shape index (κ3) is 5.89. The number of ether oxygens (including phenoxy) is 1. The van der Waals surface area contributed by atoms with E-state index < -0.39 is 5.97 Å². The molecule has 7 heteroatoms. The standard InChI is InChI=1S/C12H23N3O4/c1-10(2)15(9-11(16)17)12(18)13-3-4-14-5-7-19-8-6-14/h10H,3-9H2,1-2H3,(H,13,18)(H,16,17). The van der Waals surface area contributed by atoms with Gasteiger partial charge in [0.2, 0.25) is 0 Å². The van der Waals surface area contributed by atoms with Crippen LogP contribution in [0.5, 0.6) is 0 Å². The van der Waals surface area contributed by atoms with Crippen LogP contribution in [0.2, 0.25) is 0 Å². The Kier molecular flexibility index (Phi) is 6.58. The maximum Gasteiger partial charge on any atom is 0.323 e. The zero-order valence-corrected chi connectivity index (χ0v) is 11.6. The van der Waals surface area contributed by atoms with Crippen molar-refractivity contribution in [2.24, 2.45) is 0 Å². The molecule has 1 rings (SSSR count). The molecule has 1 saturated heterocycles. The minimum absolute atomic E-state index is 0.139. The number of carbonyl (C=O) groups is 2. The largest absolute Gasteiger partial charge is 0.480 e. The summed E-state index contributed by atoms with van der Waals surface area (Å²) in [6.07, 6.45) is 0. The van der Waals surface area contributed by atoms with Crippen molar-refractivity contribution in [2.45, 2.75) is 19.9 Å². The Bertz CT molecular complexity index is 303. The van der Waals surface area contributed by atoms with Gasteiger partial charge in [-0.05, 0) is 13.8 Å². The molecule has 7 nitrogen and oxygen atoms in total. The minimum atomic E-state index is -1.00. The van der Waals surface area contributed by atoms with Crippen molar-refractivity contribution >= 4 is 12.0 Å². The number of hydrogen-bond acceptors (Lipinski definition) is 4. The van der Waals surface area contributed by atoms with Gasteiger partial charge in [-0.25, -0.2) is 4.79 Å². The first-order valence-corrected chi connectivity index (χ1v) is 6.57. The van der Waals surface area contributed by atoms with Crippen molar-refractivity contribution in [1.29, 1.82) is 0 Å².